The van der Waals surface area contributed by atoms with Crippen LogP contribution in [-0.2, 0) is 19.1 Å². The molecule has 134 valence electrons. The Labute approximate surface area is 137 Å². The highest BCUT2D eigenvalue weighted by Crippen LogP contribution is 2.14. The van der Waals surface area contributed by atoms with Crippen molar-refractivity contribution in [2.45, 2.75) is 58.5 Å². The second kappa shape index (κ2) is 11.1. The molecule has 0 spiro atoms. The molecule has 0 aromatic heterocycles. The summed E-state index contributed by atoms with van der Waals surface area (Å²) in [5, 5.41) is 11.7. The van der Waals surface area contributed by atoms with Crippen LogP contribution in [0, 0.1) is 11.8 Å². The number of piperidine rings is 1. The van der Waals surface area contributed by atoms with E-state index in [1.807, 2.05) is 6.92 Å². The molecule has 4 atom stereocenters. The van der Waals surface area contributed by atoms with Crippen molar-refractivity contribution in [3.63, 3.8) is 0 Å². The summed E-state index contributed by atoms with van der Waals surface area (Å²) < 4.78 is 4.65. The van der Waals surface area contributed by atoms with Gasteiger partial charge in [0.15, 0.2) is 0 Å². The van der Waals surface area contributed by atoms with Gasteiger partial charge in [0.2, 0.25) is 0 Å². The van der Waals surface area contributed by atoms with Gasteiger partial charge in [-0.1, -0.05) is 6.92 Å². The van der Waals surface area contributed by atoms with Crippen LogP contribution in [0.1, 0.15) is 46.5 Å². The van der Waals surface area contributed by atoms with Crippen LogP contribution in [0.15, 0.2) is 0 Å². The van der Waals surface area contributed by atoms with E-state index >= 15 is 0 Å². The Balaban J connectivity index is 0.000000422. The third-order valence-electron chi connectivity index (χ3n) is 3.80. The number of nitrogens with one attached hydrogen (secondary N) is 1. The normalized spacial score (nSPS) is 23.0. The quantitative estimate of drug-likeness (QED) is 0.620. The molecule has 1 aliphatic rings. The molecule has 0 radical (unpaired) electrons. The molecule has 1 rings (SSSR count). The maximum atomic E-state index is 11.0. The lowest BCUT2D eigenvalue weighted by Gasteiger charge is -2.25. The maximum absolute atomic E-state index is 11.0. The second-order valence-corrected chi connectivity index (χ2v) is 6.30. The van der Waals surface area contributed by atoms with Gasteiger partial charge in [-0.15, -0.1) is 0 Å². The fourth-order valence-electron chi connectivity index (χ4n) is 2.47. The number of methoxy groups -OCH3 is 1. The first-order chi connectivity index (χ1) is 10.7. The number of hydrogen-bond acceptors (Lipinski definition) is 6. The number of nitrogens with two attached hydrogens (primary N) is 1. The van der Waals surface area contributed by atoms with Crippen molar-refractivity contribution in [2.75, 3.05) is 13.7 Å². The summed E-state index contributed by atoms with van der Waals surface area (Å²) in [6, 6.07) is -0.296. The number of hydrogen-bond donors (Lipinski definition) is 3. The van der Waals surface area contributed by atoms with Gasteiger partial charge in [0, 0.05) is 19.0 Å². The molecule has 0 aromatic rings. The Morgan fingerprint density at radius 3 is 2.35 bits per heavy atom. The largest absolute Gasteiger partial charge is 0.480 e. The number of ketones is 1. The van der Waals surface area contributed by atoms with Crippen LogP contribution < -0.4 is 11.1 Å². The monoisotopic (exact) mass is 330 g/mol. The van der Waals surface area contributed by atoms with E-state index < -0.39 is 12.0 Å². The fraction of sp³-hybridized carbons (Fsp3) is 0.812. The molecule has 0 aliphatic carbocycles. The number of carbonyl (C=O) groups excluding carboxylic acids is 2. The van der Waals surface area contributed by atoms with Crippen LogP contribution in [-0.4, -0.2) is 48.6 Å². The number of ether oxygens (including phenoxy) is 1. The highest BCUT2D eigenvalue weighted by atomic mass is 16.5. The smallest absolute Gasteiger partial charge is 0.320 e. The lowest BCUT2D eigenvalue weighted by Crippen LogP contribution is -2.40. The van der Waals surface area contributed by atoms with Gasteiger partial charge in [0.05, 0.1) is 13.0 Å². The molecular weight excluding hydrogens is 300 g/mol. The minimum atomic E-state index is -1.01. The highest BCUT2D eigenvalue weighted by molar-refractivity contribution is 5.76. The van der Waals surface area contributed by atoms with E-state index in [1.54, 1.807) is 0 Å². The summed E-state index contributed by atoms with van der Waals surface area (Å²) in [6.07, 6.45) is 2.79. The summed E-state index contributed by atoms with van der Waals surface area (Å²) in [6.45, 7) is 6.22. The average molecular weight is 330 g/mol. The Morgan fingerprint density at radius 1 is 1.35 bits per heavy atom. The molecule has 1 unspecified atom stereocenters. The number of esters is 1. The number of aliphatic carboxylic acids is 1. The first kappa shape index (κ1) is 21.5. The van der Waals surface area contributed by atoms with Gasteiger partial charge >= 0.3 is 11.9 Å². The highest BCUT2D eigenvalue weighted by Gasteiger charge is 2.24. The summed E-state index contributed by atoms with van der Waals surface area (Å²) in [4.78, 5) is 31.9. The van der Waals surface area contributed by atoms with Gasteiger partial charge < -0.3 is 25.7 Å². The summed E-state index contributed by atoms with van der Waals surface area (Å²) in [5.74, 6) is -0.889. The summed E-state index contributed by atoms with van der Waals surface area (Å²) in [7, 11) is 1.44. The maximum Gasteiger partial charge on any atom is 0.320 e. The van der Waals surface area contributed by atoms with Crippen molar-refractivity contribution < 1.29 is 24.2 Å². The molecule has 0 aromatic carbocycles. The topological polar surface area (TPSA) is 119 Å². The average Bonchev–Trinajstić information content (AvgIpc) is 2.46. The zero-order valence-corrected chi connectivity index (χ0v) is 14.5. The van der Waals surface area contributed by atoms with E-state index in [2.05, 4.69) is 17.0 Å². The predicted molar refractivity (Wildman–Crippen MR) is 86.9 cm³/mol. The third kappa shape index (κ3) is 10.0. The fourth-order valence-corrected chi connectivity index (χ4v) is 2.47. The molecule has 7 heteroatoms. The van der Waals surface area contributed by atoms with E-state index in [4.69, 9.17) is 10.8 Å². The van der Waals surface area contributed by atoms with Crippen LogP contribution in [0.5, 0.6) is 0 Å². The molecule has 23 heavy (non-hydrogen) atoms. The lowest BCUT2D eigenvalue weighted by molar-refractivity contribution is -0.146. The van der Waals surface area contributed by atoms with Crippen molar-refractivity contribution in [1.82, 2.24) is 5.32 Å². The van der Waals surface area contributed by atoms with Crippen LogP contribution in [0.4, 0.5) is 0 Å². The third-order valence-corrected chi connectivity index (χ3v) is 3.80. The number of carbonyl (C=O) groups is 3. The molecule has 1 aliphatic heterocycles. The minimum absolute atomic E-state index is 0.0496. The van der Waals surface area contributed by atoms with Crippen molar-refractivity contribution in [3.05, 3.63) is 0 Å². The predicted octanol–water partition coefficient (Wildman–Crippen LogP) is 0.951. The summed E-state index contributed by atoms with van der Waals surface area (Å²) in [5.41, 5.74) is 5.28. The Morgan fingerprint density at radius 2 is 1.96 bits per heavy atom. The van der Waals surface area contributed by atoms with Crippen LogP contribution in [0.25, 0.3) is 0 Å². The van der Waals surface area contributed by atoms with Gasteiger partial charge in [0.1, 0.15) is 11.8 Å². The Bertz CT molecular complexity index is 392. The first-order valence-electron chi connectivity index (χ1n) is 7.96. The molecule has 4 N–H and O–H groups in total. The van der Waals surface area contributed by atoms with E-state index in [0.29, 0.717) is 18.9 Å². The van der Waals surface area contributed by atoms with Crippen molar-refractivity contribution in [1.29, 1.82) is 0 Å². The van der Waals surface area contributed by atoms with Crippen molar-refractivity contribution >= 4 is 17.7 Å². The molecular formula is C16H30N2O5. The SMILES string of the molecule is CC(=O)CC(C)C[C@@H](N)C(=O)O.COC(=O)[C@@H]1CC[C@H](C)NC1. The van der Waals surface area contributed by atoms with E-state index in [9.17, 15) is 14.4 Å². The number of carboxylic acids is 1. The molecule has 1 fully saturated rings. The molecule has 0 saturated carbocycles. The van der Waals surface area contributed by atoms with Gasteiger partial charge in [-0.2, -0.15) is 0 Å². The zero-order chi connectivity index (χ0) is 18.0. The van der Waals surface area contributed by atoms with Gasteiger partial charge in [-0.25, -0.2) is 0 Å². The van der Waals surface area contributed by atoms with Gasteiger partial charge in [-0.05, 0) is 39.0 Å². The molecule has 1 saturated heterocycles. The standard InChI is InChI=1S/C8H15NO3.C8H15NO2/c1-5(3-6(2)10)4-7(9)8(11)12;1-6-3-4-7(5-9-6)8(10)11-2/h5,7H,3-4,9H2,1-2H3,(H,11,12);6-7,9H,3-5H2,1-2H3/t5?,7-;6-,7+/m10/s1. The van der Waals surface area contributed by atoms with E-state index in [-0.39, 0.29) is 23.6 Å². The molecule has 1 heterocycles. The zero-order valence-electron chi connectivity index (χ0n) is 14.5. The van der Waals surface area contributed by atoms with Gasteiger partial charge in [0.25, 0.3) is 0 Å². The molecule has 7 nitrogen and oxygen atoms in total. The molecule has 0 bridgehead atoms. The Kier molecular flexibility index (Phi) is 10.4. The first-order valence-corrected chi connectivity index (χ1v) is 7.96. The minimum Gasteiger partial charge on any atom is -0.480 e. The number of Topliss-reactive ketones (excluding diaryl/α,β-unsaturated/α-hetero) is 1. The van der Waals surface area contributed by atoms with Crippen LogP contribution >= 0.6 is 0 Å². The van der Waals surface area contributed by atoms with Gasteiger partial charge in [-0.3, -0.25) is 9.59 Å². The van der Waals surface area contributed by atoms with Crippen LogP contribution in [0.2, 0.25) is 0 Å². The van der Waals surface area contributed by atoms with E-state index in [1.165, 1.54) is 14.0 Å². The Hall–Kier alpha value is -1.47. The summed E-state index contributed by atoms with van der Waals surface area (Å²) >= 11 is 0. The molecule has 0 amide bonds. The number of carboxylic acid groups (broad SMARTS) is 1. The van der Waals surface area contributed by atoms with Crippen LogP contribution in [0.3, 0.4) is 0 Å². The lowest BCUT2D eigenvalue weighted by atomic mass is 9.96. The number of rotatable bonds is 6. The van der Waals surface area contributed by atoms with Crippen molar-refractivity contribution in [3.8, 4) is 0 Å². The van der Waals surface area contributed by atoms with E-state index in [0.717, 1.165) is 19.4 Å². The van der Waals surface area contributed by atoms with Crippen molar-refractivity contribution in [2.24, 2.45) is 17.6 Å². The second-order valence-electron chi connectivity index (χ2n) is 6.30.